The first-order valence-corrected chi connectivity index (χ1v) is 7.69. The van der Waals surface area contributed by atoms with Crippen molar-refractivity contribution in [1.82, 2.24) is 4.90 Å². The van der Waals surface area contributed by atoms with Crippen LogP contribution in [-0.2, 0) is 5.75 Å². The number of nitrogens with zero attached hydrogens (tertiary/aromatic N) is 1. The lowest BCUT2D eigenvalue weighted by Gasteiger charge is -2.28. The standard InChI is InChI=1S/C15H26N2S.ClH/c1-15(2,12-16)13-17(3)9-10-18-11-14-7-5-4-6-8-14;/h4-8H,9-13,16H2,1-3H3;1H. The highest BCUT2D eigenvalue weighted by molar-refractivity contribution is 7.98. The molecule has 1 aromatic carbocycles. The number of hydrogen-bond donors (Lipinski definition) is 1. The number of hydrogen-bond acceptors (Lipinski definition) is 3. The Balaban J connectivity index is 0.00000324. The summed E-state index contributed by atoms with van der Waals surface area (Å²) in [5.74, 6) is 2.28. The molecule has 2 N–H and O–H groups in total. The molecular formula is C15H27ClN2S. The average molecular weight is 303 g/mol. The summed E-state index contributed by atoms with van der Waals surface area (Å²) >= 11 is 2.00. The Labute approximate surface area is 128 Å². The number of halogens is 1. The maximum Gasteiger partial charge on any atom is 0.0185 e. The minimum Gasteiger partial charge on any atom is -0.330 e. The van der Waals surface area contributed by atoms with E-state index in [0.717, 1.165) is 25.4 Å². The van der Waals surface area contributed by atoms with Crippen molar-refractivity contribution in [3.05, 3.63) is 35.9 Å². The van der Waals surface area contributed by atoms with Crippen LogP contribution in [0.5, 0.6) is 0 Å². The summed E-state index contributed by atoms with van der Waals surface area (Å²) in [6, 6.07) is 10.6. The molecule has 110 valence electrons. The minimum absolute atomic E-state index is 0. The van der Waals surface area contributed by atoms with E-state index in [2.05, 4.69) is 56.1 Å². The summed E-state index contributed by atoms with van der Waals surface area (Å²) in [6.07, 6.45) is 0. The van der Waals surface area contributed by atoms with E-state index in [1.54, 1.807) is 0 Å². The van der Waals surface area contributed by atoms with Crippen molar-refractivity contribution in [1.29, 1.82) is 0 Å². The molecule has 4 heteroatoms. The van der Waals surface area contributed by atoms with E-state index in [0.29, 0.717) is 0 Å². The molecule has 0 unspecified atom stereocenters. The van der Waals surface area contributed by atoms with Gasteiger partial charge in [-0.25, -0.2) is 0 Å². The SMILES string of the molecule is CN(CCSCc1ccccc1)CC(C)(C)CN.Cl. The molecule has 0 aliphatic heterocycles. The zero-order valence-corrected chi connectivity index (χ0v) is 13.9. The van der Waals surface area contributed by atoms with E-state index in [-0.39, 0.29) is 17.8 Å². The first-order valence-electron chi connectivity index (χ1n) is 6.54. The third kappa shape index (κ3) is 8.53. The zero-order chi connectivity index (χ0) is 13.4. The molecule has 0 spiro atoms. The zero-order valence-electron chi connectivity index (χ0n) is 12.3. The van der Waals surface area contributed by atoms with Gasteiger partial charge in [0.2, 0.25) is 0 Å². The number of nitrogens with two attached hydrogens (primary N) is 1. The topological polar surface area (TPSA) is 29.3 Å². The maximum absolute atomic E-state index is 5.75. The normalized spacial score (nSPS) is 11.4. The molecule has 0 aliphatic carbocycles. The summed E-state index contributed by atoms with van der Waals surface area (Å²) in [7, 11) is 2.18. The smallest absolute Gasteiger partial charge is 0.0185 e. The summed E-state index contributed by atoms with van der Waals surface area (Å²) in [6.45, 7) is 7.38. The van der Waals surface area contributed by atoms with E-state index >= 15 is 0 Å². The van der Waals surface area contributed by atoms with Crippen LogP contribution < -0.4 is 5.73 Å². The van der Waals surface area contributed by atoms with Gasteiger partial charge in [-0.05, 0) is 24.6 Å². The monoisotopic (exact) mass is 302 g/mol. The molecule has 19 heavy (non-hydrogen) atoms. The Morgan fingerprint density at radius 3 is 2.42 bits per heavy atom. The van der Waals surface area contributed by atoms with Gasteiger partial charge < -0.3 is 10.6 Å². The molecule has 1 rings (SSSR count). The molecule has 0 bridgehead atoms. The second kappa shape index (κ2) is 9.65. The van der Waals surface area contributed by atoms with Gasteiger partial charge in [-0.15, -0.1) is 12.4 Å². The van der Waals surface area contributed by atoms with Crippen molar-refractivity contribution in [2.75, 3.05) is 32.4 Å². The third-order valence-electron chi connectivity index (χ3n) is 2.98. The fourth-order valence-corrected chi connectivity index (χ4v) is 2.87. The van der Waals surface area contributed by atoms with Gasteiger partial charge in [-0.1, -0.05) is 44.2 Å². The minimum atomic E-state index is 0. The molecule has 0 aliphatic rings. The Morgan fingerprint density at radius 2 is 1.84 bits per heavy atom. The highest BCUT2D eigenvalue weighted by atomic mass is 35.5. The van der Waals surface area contributed by atoms with Crippen LogP contribution in [0.2, 0.25) is 0 Å². The van der Waals surface area contributed by atoms with Crippen LogP contribution in [0.1, 0.15) is 19.4 Å². The molecule has 0 radical (unpaired) electrons. The van der Waals surface area contributed by atoms with E-state index in [9.17, 15) is 0 Å². The van der Waals surface area contributed by atoms with Gasteiger partial charge >= 0.3 is 0 Å². The van der Waals surface area contributed by atoms with Crippen molar-refractivity contribution >= 4 is 24.2 Å². The van der Waals surface area contributed by atoms with Gasteiger partial charge in [0.15, 0.2) is 0 Å². The molecular weight excluding hydrogens is 276 g/mol. The number of thioether (sulfide) groups is 1. The first kappa shape index (κ1) is 18.8. The lowest BCUT2D eigenvalue weighted by Crippen LogP contribution is -2.37. The van der Waals surface area contributed by atoms with Gasteiger partial charge in [0.05, 0.1) is 0 Å². The van der Waals surface area contributed by atoms with Gasteiger partial charge in [0.25, 0.3) is 0 Å². The Bertz CT molecular complexity index is 330. The molecule has 2 nitrogen and oxygen atoms in total. The van der Waals surface area contributed by atoms with Crippen molar-refractivity contribution in [3.8, 4) is 0 Å². The molecule has 0 saturated heterocycles. The van der Waals surface area contributed by atoms with Crippen molar-refractivity contribution in [3.63, 3.8) is 0 Å². The summed E-state index contributed by atoms with van der Waals surface area (Å²) in [5, 5.41) is 0. The summed E-state index contributed by atoms with van der Waals surface area (Å²) in [4.78, 5) is 2.38. The van der Waals surface area contributed by atoms with Gasteiger partial charge in [0, 0.05) is 24.6 Å². The quantitative estimate of drug-likeness (QED) is 0.747. The van der Waals surface area contributed by atoms with Crippen LogP contribution in [0, 0.1) is 5.41 Å². The van der Waals surface area contributed by atoms with Crippen LogP contribution in [0.25, 0.3) is 0 Å². The Kier molecular flexibility index (Phi) is 9.54. The second-order valence-corrected chi connectivity index (χ2v) is 6.75. The molecule has 0 saturated carbocycles. The molecule has 1 aromatic rings. The lowest BCUT2D eigenvalue weighted by molar-refractivity contribution is 0.225. The highest BCUT2D eigenvalue weighted by Gasteiger charge is 2.17. The van der Waals surface area contributed by atoms with Gasteiger partial charge in [0.1, 0.15) is 0 Å². The molecule has 0 amide bonds. The van der Waals surface area contributed by atoms with Crippen LogP contribution in [0.3, 0.4) is 0 Å². The molecule has 0 heterocycles. The van der Waals surface area contributed by atoms with Gasteiger partial charge in [-0.3, -0.25) is 0 Å². The van der Waals surface area contributed by atoms with Crippen LogP contribution in [-0.4, -0.2) is 37.3 Å². The largest absolute Gasteiger partial charge is 0.330 e. The van der Waals surface area contributed by atoms with Crippen molar-refractivity contribution in [2.24, 2.45) is 11.1 Å². The second-order valence-electron chi connectivity index (χ2n) is 5.64. The fraction of sp³-hybridized carbons (Fsp3) is 0.600. The lowest BCUT2D eigenvalue weighted by atomic mass is 9.93. The maximum atomic E-state index is 5.75. The Morgan fingerprint density at radius 1 is 1.21 bits per heavy atom. The summed E-state index contributed by atoms with van der Waals surface area (Å²) < 4.78 is 0. The molecule has 0 atom stereocenters. The van der Waals surface area contributed by atoms with Crippen LogP contribution >= 0.6 is 24.2 Å². The highest BCUT2D eigenvalue weighted by Crippen LogP contribution is 2.15. The van der Waals surface area contributed by atoms with Gasteiger partial charge in [-0.2, -0.15) is 11.8 Å². The third-order valence-corrected chi connectivity index (χ3v) is 3.99. The van der Waals surface area contributed by atoms with Crippen LogP contribution in [0.15, 0.2) is 30.3 Å². The summed E-state index contributed by atoms with van der Waals surface area (Å²) in [5.41, 5.74) is 7.38. The first-order chi connectivity index (χ1) is 8.53. The van der Waals surface area contributed by atoms with Crippen LogP contribution in [0.4, 0.5) is 0 Å². The average Bonchev–Trinajstić information content (AvgIpc) is 2.35. The van der Waals surface area contributed by atoms with Crippen molar-refractivity contribution in [2.45, 2.75) is 19.6 Å². The van der Waals surface area contributed by atoms with E-state index in [1.165, 1.54) is 11.3 Å². The number of rotatable bonds is 8. The van der Waals surface area contributed by atoms with E-state index in [1.807, 2.05) is 11.8 Å². The molecule has 0 aromatic heterocycles. The van der Waals surface area contributed by atoms with E-state index in [4.69, 9.17) is 5.73 Å². The predicted octanol–water partition coefficient (Wildman–Crippen LogP) is 3.26. The van der Waals surface area contributed by atoms with Crippen molar-refractivity contribution < 1.29 is 0 Å². The molecule has 0 fully saturated rings. The van der Waals surface area contributed by atoms with E-state index < -0.39 is 0 Å². The fourth-order valence-electron chi connectivity index (χ4n) is 1.86. The Hall–Kier alpha value is -0.220. The number of benzene rings is 1. The predicted molar refractivity (Wildman–Crippen MR) is 90.2 cm³/mol.